The second-order valence-electron chi connectivity index (χ2n) is 4.59. The lowest BCUT2D eigenvalue weighted by Gasteiger charge is -2.05. The van der Waals surface area contributed by atoms with E-state index >= 15 is 0 Å². The number of halogens is 1. The first-order valence-electron chi connectivity index (χ1n) is 6.61. The molecule has 3 rings (SSSR count). The molecule has 0 atom stereocenters. The maximum Gasteiger partial charge on any atom is 0.160 e. The summed E-state index contributed by atoms with van der Waals surface area (Å²) >= 11 is 3.47. The number of nitrogens with one attached hydrogen (secondary N) is 1. The Bertz CT molecular complexity index is 693. The summed E-state index contributed by atoms with van der Waals surface area (Å²) in [5.74, 6) is 0.996. The van der Waals surface area contributed by atoms with E-state index in [1.54, 1.807) is 0 Å². The quantitative estimate of drug-likeness (QED) is 0.727. The molecule has 2 aromatic heterocycles. The number of hydrogen-bond acceptors (Lipinski definition) is 3. The Morgan fingerprint density at radius 1 is 1.05 bits per heavy atom. The highest BCUT2D eigenvalue weighted by Gasteiger charge is 2.05. The first-order chi connectivity index (χ1) is 9.83. The van der Waals surface area contributed by atoms with Crippen LogP contribution in [0.1, 0.15) is 12.2 Å². The zero-order valence-corrected chi connectivity index (χ0v) is 12.5. The summed E-state index contributed by atoms with van der Waals surface area (Å²) in [6.45, 7) is 0.924. The van der Waals surface area contributed by atoms with Crippen LogP contribution >= 0.6 is 15.9 Å². The molecule has 0 saturated heterocycles. The molecule has 0 fully saturated rings. The Labute approximate surface area is 126 Å². The lowest BCUT2D eigenvalue weighted by molar-refractivity contribution is 0.788. The van der Waals surface area contributed by atoms with Gasteiger partial charge in [-0.25, -0.2) is 0 Å². The van der Waals surface area contributed by atoms with Crippen molar-refractivity contribution in [1.82, 2.24) is 14.6 Å². The predicted molar refractivity (Wildman–Crippen MR) is 83.9 cm³/mol. The Morgan fingerprint density at radius 3 is 2.75 bits per heavy atom. The highest BCUT2D eigenvalue weighted by Crippen LogP contribution is 2.13. The molecule has 3 aromatic rings. The van der Waals surface area contributed by atoms with E-state index in [-0.39, 0.29) is 0 Å². The molecule has 0 bridgehead atoms. The summed E-state index contributed by atoms with van der Waals surface area (Å²) in [5.41, 5.74) is 2.04. The van der Waals surface area contributed by atoms with Crippen molar-refractivity contribution in [2.75, 3.05) is 11.9 Å². The molecule has 0 saturated carbocycles. The molecule has 0 amide bonds. The van der Waals surface area contributed by atoms with Crippen LogP contribution in [0, 0.1) is 0 Å². The largest absolute Gasteiger partial charge is 0.385 e. The van der Waals surface area contributed by atoms with Crippen LogP contribution in [-0.4, -0.2) is 21.1 Å². The summed E-state index contributed by atoms with van der Waals surface area (Å²) < 4.78 is 3.07. The third-order valence-electron chi connectivity index (χ3n) is 3.12. The summed E-state index contributed by atoms with van der Waals surface area (Å²) in [6.07, 6.45) is 3.93. The summed E-state index contributed by atoms with van der Waals surface area (Å²) in [5, 5.41) is 11.8. The highest BCUT2D eigenvalue weighted by molar-refractivity contribution is 9.10. The Balaban J connectivity index is 1.59. The van der Waals surface area contributed by atoms with Crippen molar-refractivity contribution in [3.8, 4) is 0 Å². The first kappa shape index (κ1) is 13.1. The van der Waals surface area contributed by atoms with Crippen LogP contribution in [0.3, 0.4) is 0 Å². The third-order valence-corrected chi connectivity index (χ3v) is 3.59. The van der Waals surface area contributed by atoms with Crippen LogP contribution in [0.5, 0.6) is 0 Å². The van der Waals surface area contributed by atoms with Gasteiger partial charge in [0.2, 0.25) is 0 Å². The number of hydrogen-bond donors (Lipinski definition) is 1. The molecule has 4 nitrogen and oxygen atoms in total. The van der Waals surface area contributed by atoms with Crippen LogP contribution in [-0.2, 0) is 6.42 Å². The number of aromatic nitrogens is 3. The van der Waals surface area contributed by atoms with Gasteiger partial charge in [-0.2, -0.15) is 0 Å². The molecule has 0 radical (unpaired) electrons. The smallest absolute Gasteiger partial charge is 0.160 e. The summed E-state index contributed by atoms with van der Waals surface area (Å²) in [4.78, 5) is 0. The second kappa shape index (κ2) is 6.05. The van der Waals surface area contributed by atoms with E-state index < -0.39 is 0 Å². The number of nitrogens with zero attached hydrogens (tertiary/aromatic N) is 3. The van der Waals surface area contributed by atoms with Gasteiger partial charge >= 0.3 is 0 Å². The molecular formula is C15H15BrN4. The van der Waals surface area contributed by atoms with E-state index in [1.165, 1.54) is 0 Å². The van der Waals surface area contributed by atoms with Gasteiger partial charge < -0.3 is 5.32 Å². The van der Waals surface area contributed by atoms with Crippen molar-refractivity contribution in [3.05, 3.63) is 59.0 Å². The van der Waals surface area contributed by atoms with Crippen LogP contribution in [0.4, 0.5) is 5.69 Å². The third kappa shape index (κ3) is 2.99. The summed E-state index contributed by atoms with van der Waals surface area (Å²) in [6, 6.07) is 14.2. The molecule has 0 aliphatic heterocycles. The van der Waals surface area contributed by atoms with Crippen LogP contribution in [0.25, 0.3) is 5.65 Å². The monoisotopic (exact) mass is 330 g/mol. The maximum absolute atomic E-state index is 4.25. The lowest BCUT2D eigenvalue weighted by atomic mass is 10.2. The molecule has 0 aliphatic rings. The van der Waals surface area contributed by atoms with Crippen LogP contribution < -0.4 is 5.32 Å². The Kier molecular flexibility index (Phi) is 3.97. The second-order valence-corrected chi connectivity index (χ2v) is 5.50. The van der Waals surface area contributed by atoms with Crippen molar-refractivity contribution in [2.24, 2.45) is 0 Å². The van der Waals surface area contributed by atoms with Gasteiger partial charge in [-0.3, -0.25) is 4.40 Å². The fraction of sp³-hybridized carbons (Fsp3) is 0.200. The van der Waals surface area contributed by atoms with Crippen molar-refractivity contribution >= 4 is 27.3 Å². The molecule has 102 valence electrons. The minimum atomic E-state index is 0.888. The molecule has 5 heteroatoms. The SMILES string of the molecule is Brc1ccc2nnc(CCCNc3ccccc3)n2c1. The van der Waals surface area contributed by atoms with Crippen LogP contribution in [0.15, 0.2) is 53.1 Å². The van der Waals surface area contributed by atoms with Crippen molar-refractivity contribution in [1.29, 1.82) is 0 Å². The number of benzene rings is 1. The van der Waals surface area contributed by atoms with Gasteiger partial charge in [-0.1, -0.05) is 18.2 Å². The molecule has 1 aromatic carbocycles. The Morgan fingerprint density at radius 2 is 1.90 bits per heavy atom. The zero-order valence-electron chi connectivity index (χ0n) is 11.0. The van der Waals surface area contributed by atoms with Crippen molar-refractivity contribution < 1.29 is 0 Å². The van der Waals surface area contributed by atoms with Gasteiger partial charge in [0.25, 0.3) is 0 Å². The number of rotatable bonds is 5. The predicted octanol–water partition coefficient (Wildman–Crippen LogP) is 3.54. The number of fused-ring (bicyclic) bond motifs is 1. The molecule has 1 N–H and O–H groups in total. The normalized spacial score (nSPS) is 10.8. The van der Waals surface area contributed by atoms with E-state index in [1.807, 2.05) is 40.9 Å². The van der Waals surface area contributed by atoms with Gasteiger partial charge in [0.15, 0.2) is 5.65 Å². The maximum atomic E-state index is 4.25. The van der Waals surface area contributed by atoms with Gasteiger partial charge in [0.05, 0.1) is 0 Å². The van der Waals surface area contributed by atoms with E-state index in [0.717, 1.165) is 41.0 Å². The number of anilines is 1. The standard InChI is InChI=1S/C15H15BrN4/c16-12-8-9-15-19-18-14(20(15)11-12)7-4-10-17-13-5-2-1-3-6-13/h1-3,5-6,8-9,11,17H,4,7,10H2. The average molecular weight is 331 g/mol. The lowest BCUT2D eigenvalue weighted by Crippen LogP contribution is -2.04. The van der Waals surface area contributed by atoms with Crippen molar-refractivity contribution in [3.63, 3.8) is 0 Å². The number of aryl methyl sites for hydroxylation is 1. The fourth-order valence-electron chi connectivity index (χ4n) is 2.12. The van der Waals surface area contributed by atoms with Gasteiger partial charge in [0, 0.05) is 29.3 Å². The van der Waals surface area contributed by atoms with Gasteiger partial charge in [-0.05, 0) is 46.6 Å². The molecule has 2 heterocycles. The van der Waals surface area contributed by atoms with Gasteiger partial charge in [-0.15, -0.1) is 10.2 Å². The minimum absolute atomic E-state index is 0.888. The molecule has 0 spiro atoms. The number of pyridine rings is 1. The molecule has 0 aliphatic carbocycles. The van der Waals surface area contributed by atoms with Crippen molar-refractivity contribution in [2.45, 2.75) is 12.8 Å². The summed E-state index contributed by atoms with van der Waals surface area (Å²) in [7, 11) is 0. The topological polar surface area (TPSA) is 42.2 Å². The van der Waals surface area contributed by atoms with Crippen LogP contribution in [0.2, 0.25) is 0 Å². The first-order valence-corrected chi connectivity index (χ1v) is 7.40. The molecular weight excluding hydrogens is 316 g/mol. The highest BCUT2D eigenvalue weighted by atomic mass is 79.9. The van der Waals surface area contributed by atoms with E-state index in [0.29, 0.717) is 0 Å². The fourth-order valence-corrected chi connectivity index (χ4v) is 2.45. The molecule has 0 unspecified atom stereocenters. The van der Waals surface area contributed by atoms with E-state index in [9.17, 15) is 0 Å². The van der Waals surface area contributed by atoms with E-state index in [2.05, 4.69) is 43.6 Å². The zero-order chi connectivity index (χ0) is 13.8. The minimum Gasteiger partial charge on any atom is -0.385 e. The van der Waals surface area contributed by atoms with E-state index in [4.69, 9.17) is 0 Å². The average Bonchev–Trinajstić information content (AvgIpc) is 2.87. The Hall–Kier alpha value is -1.88. The molecule has 20 heavy (non-hydrogen) atoms. The number of para-hydroxylation sites is 1. The van der Waals surface area contributed by atoms with Gasteiger partial charge in [0.1, 0.15) is 5.82 Å².